The van der Waals surface area contributed by atoms with E-state index in [9.17, 15) is 0 Å². The van der Waals surface area contributed by atoms with E-state index >= 15 is 0 Å². The lowest BCUT2D eigenvalue weighted by Crippen LogP contribution is -2.23. The summed E-state index contributed by atoms with van der Waals surface area (Å²) in [5, 5.41) is 5.13. The lowest BCUT2D eigenvalue weighted by molar-refractivity contribution is 0.265. The van der Waals surface area contributed by atoms with Gasteiger partial charge in [0.05, 0.1) is 17.5 Å². The average molecular weight is 515 g/mol. The number of nitrogens with zero attached hydrogens (tertiary/aromatic N) is 1. The molecule has 1 aromatic heterocycles. The van der Waals surface area contributed by atoms with Gasteiger partial charge in [-0.1, -0.05) is 97.1 Å². The van der Waals surface area contributed by atoms with Gasteiger partial charge in [-0.3, -0.25) is 0 Å². The van der Waals surface area contributed by atoms with E-state index in [2.05, 4.69) is 143 Å². The number of ether oxygens (including phenoxy) is 1. The molecule has 190 valence electrons. The van der Waals surface area contributed by atoms with Gasteiger partial charge in [0.15, 0.2) is 0 Å². The molecule has 0 saturated carbocycles. The Morgan fingerprint density at radius 3 is 2.40 bits per heavy atom. The molecule has 0 radical (unpaired) electrons. The first kappa shape index (κ1) is 21.9. The van der Waals surface area contributed by atoms with Crippen LogP contribution in [0.3, 0.4) is 0 Å². The van der Waals surface area contributed by atoms with Gasteiger partial charge in [0.25, 0.3) is 0 Å². The number of aromatic nitrogens is 1. The minimum absolute atomic E-state index is 0.000431. The molecule has 9 rings (SSSR count). The molecular weight excluding hydrogens is 488 g/mol. The Morgan fingerprint density at radius 1 is 0.675 bits per heavy atom. The number of fused-ring (bicyclic) bond motifs is 10. The third kappa shape index (κ3) is 3.00. The Morgan fingerprint density at radius 2 is 1.45 bits per heavy atom. The second-order valence-electron chi connectivity index (χ2n) is 10.9. The molecule has 0 spiro atoms. The van der Waals surface area contributed by atoms with Gasteiger partial charge in [0, 0.05) is 39.1 Å². The molecule has 1 aliphatic carbocycles. The van der Waals surface area contributed by atoms with E-state index < -0.39 is 0 Å². The minimum Gasteiger partial charge on any atom is -0.485 e. The molecule has 2 aliphatic heterocycles. The van der Waals surface area contributed by atoms with E-state index in [-0.39, 0.29) is 18.1 Å². The Labute approximate surface area is 233 Å². The summed E-state index contributed by atoms with van der Waals surface area (Å²) in [6.45, 7) is 0. The molecule has 3 atom stereocenters. The molecule has 3 heterocycles. The first-order valence-electron chi connectivity index (χ1n) is 14.0. The van der Waals surface area contributed by atoms with Gasteiger partial charge in [-0.15, -0.1) is 0 Å². The second-order valence-corrected chi connectivity index (χ2v) is 10.9. The van der Waals surface area contributed by atoms with Crippen LogP contribution in [0.4, 0.5) is 5.69 Å². The highest BCUT2D eigenvalue weighted by molar-refractivity contribution is 5.94. The van der Waals surface area contributed by atoms with E-state index in [4.69, 9.17) is 4.74 Å². The molecular formula is C37H26N2O. The normalized spacial score (nSPS) is 19.6. The Balaban J connectivity index is 1.25. The Bertz CT molecular complexity index is 2000. The summed E-state index contributed by atoms with van der Waals surface area (Å²) >= 11 is 0. The molecule has 3 heteroatoms. The quantitative estimate of drug-likeness (QED) is 0.250. The predicted octanol–water partition coefficient (Wildman–Crippen LogP) is 8.73. The summed E-state index contributed by atoms with van der Waals surface area (Å²) in [6, 6.07) is 43.8. The largest absolute Gasteiger partial charge is 0.485 e. The molecule has 3 unspecified atom stereocenters. The standard InChI is InChI=1S/C37H26N2O/c1-2-15-28-25(12-1)26-13-3-6-17-31(26)38-36(28)23-10-9-11-24(22-23)39-32-18-7-4-14-27(32)29-20-21-34-35(37(29)39)30-16-5-8-19-33(30)40-34/h1-22,34-36,38H. The van der Waals surface area contributed by atoms with Crippen LogP contribution in [-0.2, 0) is 0 Å². The molecule has 0 amide bonds. The monoisotopic (exact) mass is 514 g/mol. The first-order chi connectivity index (χ1) is 19.8. The van der Waals surface area contributed by atoms with Gasteiger partial charge in [0.1, 0.15) is 11.9 Å². The Hall–Kier alpha value is -5.02. The van der Waals surface area contributed by atoms with E-state index in [0.29, 0.717) is 0 Å². The predicted molar refractivity (Wildman–Crippen MR) is 162 cm³/mol. The van der Waals surface area contributed by atoms with Crippen LogP contribution in [0.25, 0.3) is 33.8 Å². The fraction of sp³-hybridized carbons (Fsp3) is 0.0811. The van der Waals surface area contributed by atoms with Crippen LogP contribution < -0.4 is 10.1 Å². The van der Waals surface area contributed by atoms with E-state index in [1.165, 1.54) is 61.4 Å². The molecule has 3 aliphatic rings. The molecule has 0 saturated heterocycles. The summed E-state index contributed by atoms with van der Waals surface area (Å²) in [7, 11) is 0. The molecule has 1 N–H and O–H groups in total. The maximum Gasteiger partial charge on any atom is 0.130 e. The minimum atomic E-state index is -0.000431. The zero-order valence-corrected chi connectivity index (χ0v) is 21.8. The van der Waals surface area contributed by atoms with E-state index in [1.807, 2.05) is 0 Å². The summed E-state index contributed by atoms with van der Waals surface area (Å²) in [4.78, 5) is 0. The van der Waals surface area contributed by atoms with Crippen LogP contribution in [0.2, 0.25) is 0 Å². The van der Waals surface area contributed by atoms with E-state index in [0.717, 1.165) is 5.75 Å². The van der Waals surface area contributed by atoms with Crippen LogP contribution >= 0.6 is 0 Å². The molecule has 0 bridgehead atoms. The second kappa shape index (κ2) is 8.24. The van der Waals surface area contributed by atoms with Gasteiger partial charge in [-0.05, 0) is 53.1 Å². The third-order valence-corrected chi connectivity index (χ3v) is 8.80. The number of rotatable bonds is 2. The van der Waals surface area contributed by atoms with Gasteiger partial charge in [-0.25, -0.2) is 0 Å². The van der Waals surface area contributed by atoms with Crippen molar-refractivity contribution in [2.45, 2.75) is 18.1 Å². The number of hydrogen-bond donors (Lipinski definition) is 1. The van der Waals surface area contributed by atoms with Crippen molar-refractivity contribution in [2.24, 2.45) is 0 Å². The Kier molecular flexibility index (Phi) is 4.50. The highest BCUT2D eigenvalue weighted by Crippen LogP contribution is 2.50. The van der Waals surface area contributed by atoms with Crippen LogP contribution in [0.15, 0.2) is 127 Å². The number of hydrogen-bond acceptors (Lipinski definition) is 2. The number of para-hydroxylation sites is 3. The van der Waals surface area contributed by atoms with Crippen molar-refractivity contribution in [3.05, 3.63) is 155 Å². The first-order valence-corrected chi connectivity index (χ1v) is 14.0. The fourth-order valence-electron chi connectivity index (χ4n) is 7.10. The van der Waals surface area contributed by atoms with Crippen molar-refractivity contribution in [1.82, 2.24) is 4.57 Å². The van der Waals surface area contributed by atoms with Gasteiger partial charge >= 0.3 is 0 Å². The third-order valence-electron chi connectivity index (χ3n) is 8.80. The maximum absolute atomic E-state index is 6.44. The zero-order chi connectivity index (χ0) is 26.2. The number of anilines is 1. The topological polar surface area (TPSA) is 26.2 Å². The van der Waals surface area contributed by atoms with Gasteiger partial charge < -0.3 is 14.6 Å². The lowest BCUT2D eigenvalue weighted by Gasteiger charge is -2.30. The number of nitrogens with one attached hydrogen (secondary N) is 1. The van der Waals surface area contributed by atoms with Crippen molar-refractivity contribution in [3.63, 3.8) is 0 Å². The van der Waals surface area contributed by atoms with Crippen molar-refractivity contribution >= 4 is 22.7 Å². The molecule has 3 nitrogen and oxygen atoms in total. The van der Waals surface area contributed by atoms with Crippen LogP contribution in [0.1, 0.15) is 39.9 Å². The highest BCUT2D eigenvalue weighted by atomic mass is 16.5. The van der Waals surface area contributed by atoms with Crippen LogP contribution in [-0.4, -0.2) is 10.7 Å². The van der Waals surface area contributed by atoms with Crippen LogP contribution in [0, 0.1) is 0 Å². The lowest BCUT2D eigenvalue weighted by atomic mass is 9.85. The molecule has 0 fully saturated rings. The van der Waals surface area contributed by atoms with Crippen molar-refractivity contribution in [3.8, 4) is 22.6 Å². The highest BCUT2D eigenvalue weighted by Gasteiger charge is 2.40. The van der Waals surface area contributed by atoms with Crippen molar-refractivity contribution < 1.29 is 4.74 Å². The summed E-state index contributed by atoms with van der Waals surface area (Å²) in [6.07, 6.45) is 4.50. The summed E-state index contributed by atoms with van der Waals surface area (Å²) in [5.74, 6) is 1.13. The van der Waals surface area contributed by atoms with Gasteiger partial charge in [-0.2, -0.15) is 0 Å². The fourth-order valence-corrected chi connectivity index (χ4v) is 7.10. The van der Waals surface area contributed by atoms with Crippen molar-refractivity contribution in [1.29, 1.82) is 0 Å². The van der Waals surface area contributed by atoms with Crippen molar-refractivity contribution in [2.75, 3.05) is 5.32 Å². The number of benzene rings is 5. The molecule has 40 heavy (non-hydrogen) atoms. The summed E-state index contributed by atoms with van der Waals surface area (Å²) in [5.41, 5.74) is 12.5. The SMILES string of the molecule is C1=CC2Oc3ccccc3C2c2c1c1ccccc1n2-c1cccc(C2Nc3ccccc3-c3ccccc32)c1. The van der Waals surface area contributed by atoms with Gasteiger partial charge in [0.2, 0.25) is 0 Å². The van der Waals surface area contributed by atoms with Crippen LogP contribution in [0.5, 0.6) is 5.75 Å². The average Bonchev–Trinajstić information content (AvgIpc) is 3.56. The maximum atomic E-state index is 6.44. The molecule has 6 aromatic rings. The smallest absolute Gasteiger partial charge is 0.130 e. The molecule has 5 aromatic carbocycles. The summed E-state index contributed by atoms with van der Waals surface area (Å²) < 4.78 is 8.91. The zero-order valence-electron chi connectivity index (χ0n) is 21.8. The van der Waals surface area contributed by atoms with E-state index in [1.54, 1.807) is 0 Å².